The van der Waals surface area contributed by atoms with Crippen LogP contribution < -0.4 is 5.32 Å². The Kier molecular flexibility index (Phi) is 5.96. The molecule has 1 aromatic rings. The Hall–Kier alpha value is -0.340. The molecule has 2 atom stereocenters. The normalized spacial score (nSPS) is 15.1. The first-order valence-corrected chi connectivity index (χ1v) is 6.92. The highest BCUT2D eigenvalue weighted by atomic mass is 32.1. The summed E-state index contributed by atoms with van der Waals surface area (Å²) in [5, 5.41) is 5.85. The molecule has 1 nitrogen and oxygen atoms in total. The molecule has 1 rings (SSSR count). The van der Waals surface area contributed by atoms with Crippen LogP contribution in [0.1, 0.15) is 51.0 Å². The Morgan fingerprint density at radius 2 is 2.20 bits per heavy atom. The topological polar surface area (TPSA) is 12.0 Å². The van der Waals surface area contributed by atoms with Crippen molar-refractivity contribution >= 4 is 11.3 Å². The minimum Gasteiger partial charge on any atom is -0.309 e. The maximum Gasteiger partial charge on any atom is 0.0414 e. The van der Waals surface area contributed by atoms with Crippen molar-refractivity contribution in [3.8, 4) is 0 Å². The third kappa shape index (κ3) is 4.35. The van der Waals surface area contributed by atoms with Gasteiger partial charge in [-0.1, -0.05) is 39.7 Å². The zero-order valence-corrected chi connectivity index (χ0v) is 10.9. The van der Waals surface area contributed by atoms with Crippen molar-refractivity contribution in [3.05, 3.63) is 22.4 Å². The second kappa shape index (κ2) is 7.02. The summed E-state index contributed by atoms with van der Waals surface area (Å²) in [6, 6.07) is 4.96. The van der Waals surface area contributed by atoms with Gasteiger partial charge in [0.1, 0.15) is 0 Å². The van der Waals surface area contributed by atoms with Gasteiger partial charge in [0, 0.05) is 10.9 Å². The van der Waals surface area contributed by atoms with Crippen LogP contribution in [0.5, 0.6) is 0 Å². The second-order valence-corrected chi connectivity index (χ2v) is 5.26. The van der Waals surface area contributed by atoms with E-state index in [-0.39, 0.29) is 0 Å². The van der Waals surface area contributed by atoms with Crippen molar-refractivity contribution in [1.82, 2.24) is 5.32 Å². The molecule has 0 fully saturated rings. The van der Waals surface area contributed by atoms with E-state index >= 15 is 0 Å². The summed E-state index contributed by atoms with van der Waals surface area (Å²) in [6.45, 7) is 7.96. The van der Waals surface area contributed by atoms with Gasteiger partial charge in [-0.05, 0) is 30.3 Å². The Morgan fingerprint density at radius 1 is 1.40 bits per heavy atom. The van der Waals surface area contributed by atoms with Crippen LogP contribution >= 0.6 is 11.3 Å². The average Bonchev–Trinajstić information content (AvgIpc) is 2.76. The molecule has 0 radical (unpaired) electrons. The molecule has 86 valence electrons. The molecule has 0 saturated heterocycles. The average molecular weight is 225 g/mol. The molecular formula is C13H23NS. The van der Waals surface area contributed by atoms with Crippen LogP contribution in [0, 0.1) is 5.92 Å². The lowest BCUT2D eigenvalue weighted by atomic mass is 10.1. The van der Waals surface area contributed by atoms with Crippen LogP contribution in [-0.4, -0.2) is 6.54 Å². The van der Waals surface area contributed by atoms with Crippen molar-refractivity contribution < 1.29 is 0 Å². The quantitative estimate of drug-likeness (QED) is 0.732. The zero-order valence-electron chi connectivity index (χ0n) is 10.1. The summed E-state index contributed by atoms with van der Waals surface area (Å²) in [7, 11) is 0. The van der Waals surface area contributed by atoms with Gasteiger partial charge in [-0.2, -0.15) is 0 Å². The maximum atomic E-state index is 3.68. The van der Waals surface area contributed by atoms with E-state index in [2.05, 4.69) is 43.6 Å². The Bertz CT molecular complexity index is 243. The molecule has 15 heavy (non-hydrogen) atoms. The fraction of sp³-hybridized carbons (Fsp3) is 0.692. The molecule has 0 amide bonds. The van der Waals surface area contributed by atoms with E-state index in [9.17, 15) is 0 Å². The summed E-state index contributed by atoms with van der Waals surface area (Å²) < 4.78 is 0. The van der Waals surface area contributed by atoms with Gasteiger partial charge in [-0.3, -0.25) is 0 Å². The first-order valence-electron chi connectivity index (χ1n) is 6.04. The second-order valence-electron chi connectivity index (χ2n) is 4.28. The van der Waals surface area contributed by atoms with E-state index in [1.807, 2.05) is 11.3 Å². The predicted molar refractivity (Wildman–Crippen MR) is 69.4 cm³/mol. The Morgan fingerprint density at radius 3 is 2.73 bits per heavy atom. The van der Waals surface area contributed by atoms with Crippen LogP contribution in [0.4, 0.5) is 0 Å². The van der Waals surface area contributed by atoms with Gasteiger partial charge < -0.3 is 5.32 Å². The molecule has 2 unspecified atom stereocenters. The standard InChI is InChI=1S/C13H23NS/c1-4-7-12(13-8-6-9-15-13)14-10-11(3)5-2/h6,8-9,11-12,14H,4-5,7,10H2,1-3H3. The molecule has 1 N–H and O–H groups in total. The highest BCUT2D eigenvalue weighted by molar-refractivity contribution is 7.10. The van der Waals surface area contributed by atoms with Crippen molar-refractivity contribution in [1.29, 1.82) is 0 Å². The van der Waals surface area contributed by atoms with Gasteiger partial charge in [-0.15, -0.1) is 11.3 Å². The lowest BCUT2D eigenvalue weighted by Gasteiger charge is -2.19. The molecule has 1 heterocycles. The first kappa shape index (κ1) is 12.7. The van der Waals surface area contributed by atoms with Crippen molar-refractivity contribution in [2.24, 2.45) is 5.92 Å². The third-order valence-corrected chi connectivity index (χ3v) is 3.86. The van der Waals surface area contributed by atoms with Crippen LogP contribution in [0.3, 0.4) is 0 Å². The molecule has 0 aromatic carbocycles. The first-order chi connectivity index (χ1) is 7.27. The van der Waals surface area contributed by atoms with Crippen LogP contribution in [-0.2, 0) is 0 Å². The summed E-state index contributed by atoms with van der Waals surface area (Å²) in [5.74, 6) is 0.782. The number of hydrogen-bond donors (Lipinski definition) is 1. The molecule has 0 aliphatic heterocycles. The van der Waals surface area contributed by atoms with E-state index in [1.165, 1.54) is 24.1 Å². The lowest BCUT2D eigenvalue weighted by molar-refractivity contribution is 0.430. The van der Waals surface area contributed by atoms with Gasteiger partial charge in [0.05, 0.1) is 0 Å². The van der Waals surface area contributed by atoms with E-state index in [1.54, 1.807) is 0 Å². The van der Waals surface area contributed by atoms with Crippen molar-refractivity contribution in [2.45, 2.75) is 46.1 Å². The van der Waals surface area contributed by atoms with Crippen molar-refractivity contribution in [2.75, 3.05) is 6.54 Å². The van der Waals surface area contributed by atoms with Crippen LogP contribution in [0.2, 0.25) is 0 Å². The van der Waals surface area contributed by atoms with E-state index in [4.69, 9.17) is 0 Å². The number of thiophene rings is 1. The summed E-state index contributed by atoms with van der Waals surface area (Å²) in [6.07, 6.45) is 3.75. The lowest BCUT2D eigenvalue weighted by Crippen LogP contribution is -2.25. The smallest absolute Gasteiger partial charge is 0.0414 e. The molecule has 0 saturated carbocycles. The van der Waals surface area contributed by atoms with Crippen molar-refractivity contribution in [3.63, 3.8) is 0 Å². The molecule has 0 bridgehead atoms. The highest BCUT2D eigenvalue weighted by Gasteiger charge is 2.11. The van der Waals surface area contributed by atoms with Gasteiger partial charge >= 0.3 is 0 Å². The number of rotatable bonds is 7. The fourth-order valence-electron chi connectivity index (χ4n) is 1.61. The van der Waals surface area contributed by atoms with Gasteiger partial charge in [0.25, 0.3) is 0 Å². The maximum absolute atomic E-state index is 3.68. The largest absolute Gasteiger partial charge is 0.309 e. The highest BCUT2D eigenvalue weighted by Crippen LogP contribution is 2.23. The molecular weight excluding hydrogens is 202 g/mol. The Balaban J connectivity index is 2.44. The van der Waals surface area contributed by atoms with Crippen LogP contribution in [0.25, 0.3) is 0 Å². The Labute approximate surface area is 97.9 Å². The van der Waals surface area contributed by atoms with Gasteiger partial charge in [0.2, 0.25) is 0 Å². The summed E-state index contributed by atoms with van der Waals surface area (Å²) >= 11 is 1.87. The molecule has 0 spiro atoms. The molecule has 2 heteroatoms. The van der Waals surface area contributed by atoms with E-state index < -0.39 is 0 Å². The molecule has 0 aliphatic rings. The monoisotopic (exact) mass is 225 g/mol. The molecule has 0 aliphatic carbocycles. The van der Waals surface area contributed by atoms with Gasteiger partial charge in [0.15, 0.2) is 0 Å². The number of hydrogen-bond acceptors (Lipinski definition) is 2. The summed E-state index contributed by atoms with van der Waals surface area (Å²) in [4.78, 5) is 1.49. The fourth-order valence-corrected chi connectivity index (χ4v) is 2.45. The van der Waals surface area contributed by atoms with E-state index in [0.717, 1.165) is 12.5 Å². The van der Waals surface area contributed by atoms with E-state index in [0.29, 0.717) is 6.04 Å². The van der Waals surface area contributed by atoms with Crippen LogP contribution in [0.15, 0.2) is 17.5 Å². The molecule has 1 aromatic heterocycles. The summed E-state index contributed by atoms with van der Waals surface area (Å²) in [5.41, 5.74) is 0. The predicted octanol–water partition coefficient (Wildman–Crippen LogP) is 4.23. The SMILES string of the molecule is CCCC(NCC(C)CC)c1cccs1. The van der Waals surface area contributed by atoms with Gasteiger partial charge in [-0.25, -0.2) is 0 Å². The number of nitrogens with one attached hydrogen (secondary N) is 1. The minimum absolute atomic E-state index is 0.573. The third-order valence-electron chi connectivity index (χ3n) is 2.87. The minimum atomic E-state index is 0.573. The zero-order chi connectivity index (χ0) is 11.1.